The van der Waals surface area contributed by atoms with Crippen molar-refractivity contribution in [3.8, 4) is 0 Å². The summed E-state index contributed by atoms with van der Waals surface area (Å²) in [5, 5.41) is 0. The summed E-state index contributed by atoms with van der Waals surface area (Å²) < 4.78 is 2.40. The fourth-order valence-corrected chi connectivity index (χ4v) is 5.01. The Morgan fingerprint density at radius 1 is 0.647 bits per heavy atom. The fourth-order valence-electron chi connectivity index (χ4n) is 5.01. The Morgan fingerprint density at radius 2 is 1.21 bits per heavy atom. The van der Waals surface area contributed by atoms with Crippen LogP contribution in [0, 0.1) is 0 Å². The summed E-state index contributed by atoms with van der Waals surface area (Å²) in [6, 6.07) is 21.8. The van der Waals surface area contributed by atoms with E-state index in [0.29, 0.717) is 5.92 Å². The molecule has 1 heterocycles. The predicted octanol–water partition coefficient (Wildman–Crippen LogP) is 9.15. The van der Waals surface area contributed by atoms with Gasteiger partial charge in [-0.05, 0) is 29.9 Å². The Morgan fingerprint density at radius 3 is 1.82 bits per heavy atom. The zero-order chi connectivity index (χ0) is 23.7. The SMILES string of the molecule is CCCCCCCCCCCCCCn1ccnc1CC(Cc1ccccc1)c1ccccc1. The first-order valence-corrected chi connectivity index (χ1v) is 14.0. The monoisotopic (exact) mass is 458 g/mol. The number of benzene rings is 2. The number of hydrogen-bond donors (Lipinski definition) is 0. The molecule has 0 bridgehead atoms. The van der Waals surface area contributed by atoms with Crippen molar-refractivity contribution in [3.05, 3.63) is 90.0 Å². The fraction of sp³-hybridized carbons (Fsp3) is 0.531. The third-order valence-electron chi connectivity index (χ3n) is 7.08. The van der Waals surface area contributed by atoms with Gasteiger partial charge in [0.2, 0.25) is 0 Å². The second-order valence-corrected chi connectivity index (χ2v) is 9.93. The molecule has 2 aromatic carbocycles. The van der Waals surface area contributed by atoms with Crippen LogP contribution in [0.15, 0.2) is 73.1 Å². The van der Waals surface area contributed by atoms with E-state index >= 15 is 0 Å². The van der Waals surface area contributed by atoms with E-state index in [1.807, 2.05) is 6.20 Å². The Kier molecular flexibility index (Phi) is 12.6. The third-order valence-corrected chi connectivity index (χ3v) is 7.08. The van der Waals surface area contributed by atoms with Crippen LogP contribution in [0.2, 0.25) is 0 Å². The van der Waals surface area contributed by atoms with Crippen LogP contribution in [-0.4, -0.2) is 9.55 Å². The number of nitrogens with zero attached hydrogens (tertiary/aromatic N) is 2. The summed E-state index contributed by atoms with van der Waals surface area (Å²) in [6.45, 7) is 3.39. The van der Waals surface area contributed by atoms with Gasteiger partial charge in [0.1, 0.15) is 5.82 Å². The molecule has 0 aliphatic heterocycles. The van der Waals surface area contributed by atoms with Gasteiger partial charge in [0, 0.05) is 25.4 Å². The van der Waals surface area contributed by atoms with E-state index in [2.05, 4.69) is 78.4 Å². The lowest BCUT2D eigenvalue weighted by atomic mass is 9.89. The van der Waals surface area contributed by atoms with Gasteiger partial charge < -0.3 is 4.57 Å². The Labute approximate surface area is 208 Å². The number of unbranched alkanes of at least 4 members (excludes halogenated alkanes) is 11. The van der Waals surface area contributed by atoms with Crippen LogP contribution in [-0.2, 0) is 19.4 Å². The number of aromatic nitrogens is 2. The van der Waals surface area contributed by atoms with Crippen molar-refractivity contribution in [1.82, 2.24) is 9.55 Å². The van der Waals surface area contributed by atoms with Crippen molar-refractivity contribution in [2.75, 3.05) is 0 Å². The Bertz CT molecular complexity index is 868. The third kappa shape index (κ3) is 9.87. The molecule has 1 unspecified atom stereocenters. The lowest BCUT2D eigenvalue weighted by Gasteiger charge is -2.18. The van der Waals surface area contributed by atoms with Crippen LogP contribution in [0.1, 0.15) is 107 Å². The molecule has 0 N–H and O–H groups in total. The van der Waals surface area contributed by atoms with Gasteiger partial charge in [0.05, 0.1) is 0 Å². The van der Waals surface area contributed by atoms with E-state index in [9.17, 15) is 0 Å². The van der Waals surface area contributed by atoms with E-state index in [-0.39, 0.29) is 0 Å². The number of hydrogen-bond acceptors (Lipinski definition) is 1. The molecule has 3 aromatic rings. The smallest absolute Gasteiger partial charge is 0.109 e. The second-order valence-electron chi connectivity index (χ2n) is 9.93. The van der Waals surface area contributed by atoms with Gasteiger partial charge in [-0.1, -0.05) is 138 Å². The van der Waals surface area contributed by atoms with Crippen LogP contribution in [0.5, 0.6) is 0 Å². The highest BCUT2D eigenvalue weighted by molar-refractivity contribution is 5.25. The van der Waals surface area contributed by atoms with Gasteiger partial charge in [0.25, 0.3) is 0 Å². The molecule has 0 fully saturated rings. The molecule has 1 atom stereocenters. The van der Waals surface area contributed by atoms with Crippen molar-refractivity contribution in [2.24, 2.45) is 0 Å². The number of imidazole rings is 1. The van der Waals surface area contributed by atoms with Gasteiger partial charge in [-0.2, -0.15) is 0 Å². The highest BCUT2D eigenvalue weighted by Crippen LogP contribution is 2.25. The number of aryl methyl sites for hydroxylation is 1. The maximum atomic E-state index is 4.76. The zero-order valence-corrected chi connectivity index (χ0v) is 21.5. The maximum Gasteiger partial charge on any atom is 0.109 e. The van der Waals surface area contributed by atoms with E-state index in [1.54, 1.807) is 0 Å². The van der Waals surface area contributed by atoms with Crippen LogP contribution < -0.4 is 0 Å². The van der Waals surface area contributed by atoms with Crippen molar-refractivity contribution in [3.63, 3.8) is 0 Å². The minimum Gasteiger partial charge on any atom is -0.335 e. The first-order chi connectivity index (χ1) is 16.9. The van der Waals surface area contributed by atoms with Crippen molar-refractivity contribution in [1.29, 1.82) is 0 Å². The summed E-state index contributed by atoms with van der Waals surface area (Å²) in [7, 11) is 0. The van der Waals surface area contributed by atoms with E-state index in [0.717, 1.165) is 19.4 Å². The molecule has 0 radical (unpaired) electrons. The maximum absolute atomic E-state index is 4.76. The molecule has 2 heteroatoms. The van der Waals surface area contributed by atoms with E-state index in [1.165, 1.54) is 94.0 Å². The normalized spacial score (nSPS) is 12.1. The summed E-state index contributed by atoms with van der Waals surface area (Å²) >= 11 is 0. The molecule has 1 aromatic heterocycles. The minimum atomic E-state index is 0.451. The first-order valence-electron chi connectivity index (χ1n) is 14.0. The lowest BCUT2D eigenvalue weighted by molar-refractivity contribution is 0.518. The molecule has 0 aliphatic carbocycles. The van der Waals surface area contributed by atoms with Crippen LogP contribution >= 0.6 is 0 Å². The quantitative estimate of drug-likeness (QED) is 0.174. The summed E-state index contributed by atoms with van der Waals surface area (Å²) in [6.07, 6.45) is 22.9. The first kappa shape index (κ1) is 26.3. The molecular formula is C32H46N2. The molecule has 0 amide bonds. The van der Waals surface area contributed by atoms with Gasteiger partial charge in [0.15, 0.2) is 0 Å². The van der Waals surface area contributed by atoms with Crippen LogP contribution in [0.3, 0.4) is 0 Å². The highest BCUT2D eigenvalue weighted by Gasteiger charge is 2.16. The van der Waals surface area contributed by atoms with Crippen molar-refractivity contribution in [2.45, 2.75) is 109 Å². The Hall–Kier alpha value is -2.35. The van der Waals surface area contributed by atoms with Crippen LogP contribution in [0.4, 0.5) is 0 Å². The predicted molar refractivity (Wildman–Crippen MR) is 146 cm³/mol. The van der Waals surface area contributed by atoms with E-state index in [4.69, 9.17) is 4.98 Å². The second kappa shape index (κ2) is 16.3. The average molecular weight is 459 g/mol. The van der Waals surface area contributed by atoms with E-state index < -0.39 is 0 Å². The van der Waals surface area contributed by atoms with Crippen LogP contribution in [0.25, 0.3) is 0 Å². The summed E-state index contributed by atoms with van der Waals surface area (Å²) in [4.78, 5) is 4.76. The van der Waals surface area contributed by atoms with Gasteiger partial charge in [-0.3, -0.25) is 0 Å². The molecular weight excluding hydrogens is 412 g/mol. The number of rotatable bonds is 18. The molecule has 2 nitrogen and oxygen atoms in total. The lowest BCUT2D eigenvalue weighted by Crippen LogP contribution is -2.12. The van der Waals surface area contributed by atoms with Crippen molar-refractivity contribution < 1.29 is 0 Å². The zero-order valence-electron chi connectivity index (χ0n) is 21.5. The molecule has 0 saturated carbocycles. The topological polar surface area (TPSA) is 17.8 Å². The van der Waals surface area contributed by atoms with Gasteiger partial charge in [-0.25, -0.2) is 4.98 Å². The molecule has 34 heavy (non-hydrogen) atoms. The minimum absolute atomic E-state index is 0.451. The molecule has 0 saturated heterocycles. The largest absolute Gasteiger partial charge is 0.335 e. The average Bonchev–Trinajstić information content (AvgIpc) is 3.32. The standard InChI is InChI=1S/C32H46N2/c1-2-3-4-5-6-7-8-9-10-11-12-19-25-34-26-24-33-32(34)28-31(30-22-17-14-18-23-30)27-29-20-15-13-16-21-29/h13-18,20-24,26,31H,2-12,19,25,27-28H2,1H3. The molecule has 0 spiro atoms. The summed E-state index contributed by atoms with van der Waals surface area (Å²) in [5.74, 6) is 1.68. The van der Waals surface area contributed by atoms with Gasteiger partial charge in [-0.15, -0.1) is 0 Å². The Balaban J connectivity index is 1.39. The molecule has 184 valence electrons. The highest BCUT2D eigenvalue weighted by atomic mass is 15.1. The molecule has 3 rings (SSSR count). The molecule has 0 aliphatic rings. The van der Waals surface area contributed by atoms with Gasteiger partial charge >= 0.3 is 0 Å². The summed E-state index contributed by atoms with van der Waals surface area (Å²) in [5.41, 5.74) is 2.81. The van der Waals surface area contributed by atoms with Crippen molar-refractivity contribution >= 4 is 0 Å².